The highest BCUT2D eigenvalue weighted by molar-refractivity contribution is 7.92. The molecule has 12 heteroatoms. The van der Waals surface area contributed by atoms with Crippen LogP contribution in [0.3, 0.4) is 0 Å². The molecule has 0 heterocycles. The Hall–Kier alpha value is -2.14. The lowest BCUT2D eigenvalue weighted by Crippen LogP contribution is -2.18. The first-order valence-corrected chi connectivity index (χ1v) is 8.39. The van der Waals surface area contributed by atoms with E-state index in [0.29, 0.717) is 18.2 Å². The van der Waals surface area contributed by atoms with Gasteiger partial charge in [0.25, 0.3) is 10.0 Å². The van der Waals surface area contributed by atoms with Crippen LogP contribution in [0, 0.1) is 0 Å². The summed E-state index contributed by atoms with van der Waals surface area (Å²) < 4.78 is 105. The summed E-state index contributed by atoms with van der Waals surface area (Å²) in [4.78, 5) is -0.569. The average Bonchev–Trinajstić information content (AvgIpc) is 2.44. The SMILES string of the molecule is O=S(=O)(Nc1cc(Cl)ccc1C(F)(F)F)c1ccc(OC(F)(F)F)cc1. The molecule has 0 aliphatic heterocycles. The van der Waals surface area contributed by atoms with Crippen molar-refractivity contribution in [2.24, 2.45) is 0 Å². The highest BCUT2D eigenvalue weighted by Crippen LogP contribution is 2.37. The first kappa shape index (κ1) is 20.2. The van der Waals surface area contributed by atoms with Crippen molar-refractivity contribution in [1.82, 2.24) is 0 Å². The molecule has 0 bridgehead atoms. The molecule has 2 rings (SSSR count). The molecule has 0 fully saturated rings. The van der Waals surface area contributed by atoms with Crippen LogP contribution >= 0.6 is 11.6 Å². The second-order valence-corrected chi connectivity index (χ2v) is 6.93. The van der Waals surface area contributed by atoms with Crippen molar-refractivity contribution >= 4 is 27.3 Å². The van der Waals surface area contributed by atoms with Gasteiger partial charge in [0.15, 0.2) is 0 Å². The molecule has 142 valence electrons. The van der Waals surface area contributed by atoms with Crippen LogP contribution in [0.2, 0.25) is 5.02 Å². The van der Waals surface area contributed by atoms with Gasteiger partial charge in [0.05, 0.1) is 16.1 Å². The fourth-order valence-corrected chi connectivity index (χ4v) is 3.11. The Morgan fingerprint density at radius 2 is 1.50 bits per heavy atom. The van der Waals surface area contributed by atoms with Crippen molar-refractivity contribution in [3.8, 4) is 5.75 Å². The number of hydrogen-bond donors (Lipinski definition) is 1. The summed E-state index contributed by atoms with van der Waals surface area (Å²) in [7, 11) is -4.52. The average molecular weight is 420 g/mol. The van der Waals surface area contributed by atoms with Crippen molar-refractivity contribution in [1.29, 1.82) is 0 Å². The Balaban J connectivity index is 2.34. The first-order valence-electron chi connectivity index (χ1n) is 6.53. The van der Waals surface area contributed by atoms with E-state index < -0.39 is 44.5 Å². The fourth-order valence-electron chi connectivity index (χ4n) is 1.87. The van der Waals surface area contributed by atoms with E-state index in [-0.39, 0.29) is 5.02 Å². The number of ether oxygens (including phenoxy) is 1. The minimum atomic E-state index is -4.97. The van der Waals surface area contributed by atoms with Crippen molar-refractivity contribution in [2.75, 3.05) is 4.72 Å². The van der Waals surface area contributed by atoms with E-state index in [9.17, 15) is 34.8 Å². The van der Waals surface area contributed by atoms with E-state index in [2.05, 4.69) is 4.74 Å². The standard InChI is InChI=1S/C14H8ClF6NO3S/c15-8-1-6-11(13(16,17)18)12(7-8)22-26(23,24)10-4-2-9(3-5-10)25-14(19,20)21/h1-7,22H. The normalized spacial score (nSPS) is 12.7. The lowest BCUT2D eigenvalue weighted by Gasteiger charge is -2.15. The van der Waals surface area contributed by atoms with Crippen LogP contribution in [0.5, 0.6) is 5.75 Å². The summed E-state index contributed by atoms with van der Waals surface area (Å²) in [5, 5.41) is -0.148. The molecule has 0 aromatic heterocycles. The molecule has 0 spiro atoms. The van der Waals surface area contributed by atoms with Gasteiger partial charge in [0.1, 0.15) is 5.75 Å². The number of hydrogen-bond acceptors (Lipinski definition) is 3. The molecule has 0 aliphatic rings. The van der Waals surface area contributed by atoms with Crippen molar-refractivity contribution < 1.29 is 39.5 Å². The Labute approximate surface area is 148 Å². The topological polar surface area (TPSA) is 55.4 Å². The van der Waals surface area contributed by atoms with Gasteiger partial charge in [-0.25, -0.2) is 8.42 Å². The van der Waals surface area contributed by atoms with Gasteiger partial charge in [-0.05, 0) is 42.5 Å². The maximum atomic E-state index is 13.0. The molecule has 0 saturated carbocycles. The number of benzene rings is 2. The molecular formula is C14H8ClF6NO3S. The molecule has 0 unspecified atom stereocenters. The number of sulfonamides is 1. The van der Waals surface area contributed by atoms with E-state index in [1.54, 1.807) is 4.72 Å². The van der Waals surface area contributed by atoms with Gasteiger partial charge in [-0.2, -0.15) is 13.2 Å². The Morgan fingerprint density at radius 3 is 2.00 bits per heavy atom. The molecule has 2 aromatic carbocycles. The zero-order valence-electron chi connectivity index (χ0n) is 12.3. The van der Waals surface area contributed by atoms with Gasteiger partial charge in [0, 0.05) is 5.02 Å². The Kier molecular flexibility index (Phi) is 5.34. The zero-order valence-corrected chi connectivity index (χ0v) is 13.9. The molecule has 26 heavy (non-hydrogen) atoms. The number of rotatable bonds is 4. The van der Waals surface area contributed by atoms with Crippen LogP contribution in [0.25, 0.3) is 0 Å². The van der Waals surface area contributed by atoms with E-state index in [4.69, 9.17) is 11.6 Å². The van der Waals surface area contributed by atoms with Gasteiger partial charge < -0.3 is 4.74 Å². The van der Waals surface area contributed by atoms with Crippen LogP contribution in [0.4, 0.5) is 32.0 Å². The van der Waals surface area contributed by atoms with Crippen LogP contribution in [0.1, 0.15) is 5.56 Å². The van der Waals surface area contributed by atoms with E-state index in [1.807, 2.05) is 0 Å². The number of nitrogens with one attached hydrogen (secondary N) is 1. The molecular weight excluding hydrogens is 412 g/mol. The third-order valence-electron chi connectivity index (χ3n) is 2.90. The minimum absolute atomic E-state index is 0.148. The molecule has 0 saturated heterocycles. The summed E-state index contributed by atoms with van der Waals surface area (Å²) in [6, 6.07) is 5.23. The highest BCUT2D eigenvalue weighted by Gasteiger charge is 2.35. The summed E-state index contributed by atoms with van der Waals surface area (Å²) in [5.41, 5.74) is -2.09. The summed E-state index contributed by atoms with van der Waals surface area (Å²) in [6.45, 7) is 0. The molecule has 0 amide bonds. The highest BCUT2D eigenvalue weighted by atomic mass is 35.5. The van der Waals surface area contributed by atoms with Gasteiger partial charge >= 0.3 is 12.5 Å². The van der Waals surface area contributed by atoms with Gasteiger partial charge in [-0.1, -0.05) is 11.6 Å². The monoisotopic (exact) mass is 419 g/mol. The molecule has 2 aromatic rings. The van der Waals surface area contributed by atoms with Gasteiger partial charge in [-0.15, -0.1) is 13.2 Å². The van der Waals surface area contributed by atoms with Crippen LogP contribution in [-0.2, 0) is 16.2 Å². The largest absolute Gasteiger partial charge is 0.573 e. The van der Waals surface area contributed by atoms with Gasteiger partial charge in [-0.3, -0.25) is 4.72 Å². The second kappa shape index (κ2) is 6.88. The van der Waals surface area contributed by atoms with Crippen molar-refractivity contribution in [3.05, 3.63) is 53.1 Å². The lowest BCUT2D eigenvalue weighted by molar-refractivity contribution is -0.274. The molecule has 0 atom stereocenters. The fraction of sp³-hybridized carbons (Fsp3) is 0.143. The van der Waals surface area contributed by atoms with Crippen molar-refractivity contribution in [2.45, 2.75) is 17.4 Å². The molecule has 4 nitrogen and oxygen atoms in total. The lowest BCUT2D eigenvalue weighted by atomic mass is 10.2. The Morgan fingerprint density at radius 1 is 0.923 bits per heavy atom. The minimum Gasteiger partial charge on any atom is -0.406 e. The maximum absolute atomic E-state index is 13.0. The summed E-state index contributed by atoms with van der Waals surface area (Å²) >= 11 is 5.60. The summed E-state index contributed by atoms with van der Waals surface area (Å²) in [6.07, 6.45) is -9.83. The predicted octanol–water partition coefficient (Wildman–Crippen LogP) is 5.06. The van der Waals surface area contributed by atoms with Crippen LogP contribution in [-0.4, -0.2) is 14.8 Å². The van der Waals surface area contributed by atoms with Gasteiger partial charge in [0.2, 0.25) is 0 Å². The van der Waals surface area contributed by atoms with E-state index >= 15 is 0 Å². The van der Waals surface area contributed by atoms with E-state index in [0.717, 1.165) is 24.3 Å². The quantitative estimate of drug-likeness (QED) is 0.705. The first-order chi connectivity index (χ1) is 11.8. The summed E-state index contributed by atoms with van der Waals surface area (Å²) in [5.74, 6) is -0.685. The number of anilines is 1. The Bertz CT molecular complexity index is 894. The second-order valence-electron chi connectivity index (χ2n) is 4.81. The predicted molar refractivity (Wildman–Crippen MR) is 80.4 cm³/mol. The van der Waals surface area contributed by atoms with E-state index in [1.165, 1.54) is 0 Å². The van der Waals surface area contributed by atoms with Crippen LogP contribution < -0.4 is 9.46 Å². The number of halogens is 7. The smallest absolute Gasteiger partial charge is 0.406 e. The molecule has 0 aliphatic carbocycles. The zero-order chi connectivity index (χ0) is 19.8. The maximum Gasteiger partial charge on any atom is 0.573 e. The van der Waals surface area contributed by atoms with Crippen LogP contribution in [0.15, 0.2) is 47.4 Å². The third-order valence-corrected chi connectivity index (χ3v) is 4.52. The van der Waals surface area contributed by atoms with Crippen molar-refractivity contribution in [3.63, 3.8) is 0 Å². The third kappa shape index (κ3) is 5.18. The molecule has 1 N–H and O–H groups in total. The number of alkyl halides is 6. The molecule has 0 radical (unpaired) electrons.